The molecule has 0 bridgehead atoms. The number of fused-ring (bicyclic) bond motifs is 1. The van der Waals surface area contributed by atoms with Crippen LogP contribution in [0.1, 0.15) is 65.2 Å². The number of aromatic nitrogens is 2. The first kappa shape index (κ1) is 21.4. The number of piperidine rings is 1. The van der Waals surface area contributed by atoms with E-state index in [1.807, 2.05) is 0 Å². The van der Waals surface area contributed by atoms with Gasteiger partial charge >= 0.3 is 0 Å². The van der Waals surface area contributed by atoms with Crippen LogP contribution in [0.3, 0.4) is 0 Å². The lowest BCUT2D eigenvalue weighted by molar-refractivity contribution is 0.181. The lowest BCUT2D eigenvalue weighted by atomic mass is 9.99. The first-order valence-corrected chi connectivity index (χ1v) is 12.3. The molecule has 0 radical (unpaired) electrons. The minimum atomic E-state index is 0.436. The average Bonchev–Trinajstić information content (AvgIpc) is 3.07. The van der Waals surface area contributed by atoms with E-state index in [4.69, 9.17) is 9.97 Å². The van der Waals surface area contributed by atoms with Crippen LogP contribution in [-0.2, 0) is 0 Å². The molecule has 2 aliphatic heterocycles. The topological polar surface area (TPSA) is 44.3 Å². The van der Waals surface area contributed by atoms with Gasteiger partial charge in [-0.25, -0.2) is 4.98 Å². The summed E-state index contributed by atoms with van der Waals surface area (Å²) in [5.74, 6) is 2.74. The van der Waals surface area contributed by atoms with Gasteiger partial charge in [0.15, 0.2) is 0 Å². The number of para-hydroxylation sites is 1. The fraction of sp³-hybridized carbons (Fsp3) is 0.680. The predicted octanol–water partition coefficient (Wildman–Crippen LogP) is 5.32. The summed E-state index contributed by atoms with van der Waals surface area (Å²) < 4.78 is 0. The largest absolute Gasteiger partial charge is 0.356 e. The number of hydrogen-bond donors (Lipinski definition) is 1. The highest BCUT2D eigenvalue weighted by molar-refractivity contribution is 5.90. The van der Waals surface area contributed by atoms with Crippen molar-refractivity contribution in [3.8, 4) is 0 Å². The van der Waals surface area contributed by atoms with Crippen LogP contribution in [0, 0.1) is 5.92 Å². The predicted molar refractivity (Wildman–Crippen MR) is 127 cm³/mol. The molecule has 4 rings (SSSR count). The maximum atomic E-state index is 5.06. The lowest BCUT2D eigenvalue weighted by Crippen LogP contribution is -2.44. The third-order valence-corrected chi connectivity index (χ3v) is 7.00. The molecule has 164 valence electrons. The summed E-state index contributed by atoms with van der Waals surface area (Å²) >= 11 is 0. The molecule has 2 saturated heterocycles. The second-order valence-electron chi connectivity index (χ2n) is 9.21. The molecule has 1 aromatic carbocycles. The Balaban J connectivity index is 1.52. The second kappa shape index (κ2) is 10.4. The monoisotopic (exact) mass is 409 g/mol. The van der Waals surface area contributed by atoms with Crippen LogP contribution in [-0.4, -0.2) is 53.6 Å². The number of hydrogen-bond acceptors (Lipinski definition) is 5. The summed E-state index contributed by atoms with van der Waals surface area (Å²) in [5, 5.41) is 4.90. The van der Waals surface area contributed by atoms with E-state index in [9.17, 15) is 0 Å². The van der Waals surface area contributed by atoms with Crippen molar-refractivity contribution in [2.75, 3.05) is 42.9 Å². The van der Waals surface area contributed by atoms with Crippen LogP contribution in [0.25, 0.3) is 10.9 Å². The van der Waals surface area contributed by atoms with E-state index in [1.165, 1.54) is 69.8 Å². The molecule has 2 aliphatic rings. The summed E-state index contributed by atoms with van der Waals surface area (Å²) in [5.41, 5.74) is 1.05. The van der Waals surface area contributed by atoms with E-state index in [1.54, 1.807) is 0 Å². The van der Waals surface area contributed by atoms with Crippen molar-refractivity contribution < 1.29 is 0 Å². The molecular weight excluding hydrogens is 370 g/mol. The van der Waals surface area contributed by atoms with Crippen molar-refractivity contribution in [3.05, 3.63) is 24.3 Å². The third kappa shape index (κ3) is 5.23. The van der Waals surface area contributed by atoms with Gasteiger partial charge in [-0.3, -0.25) is 0 Å². The number of nitrogens with one attached hydrogen (secondary N) is 1. The second-order valence-corrected chi connectivity index (χ2v) is 9.21. The van der Waals surface area contributed by atoms with Crippen LogP contribution in [0.2, 0.25) is 0 Å². The quantitative estimate of drug-likeness (QED) is 0.670. The van der Waals surface area contributed by atoms with Crippen LogP contribution in [0.5, 0.6) is 0 Å². The van der Waals surface area contributed by atoms with Crippen molar-refractivity contribution in [1.29, 1.82) is 0 Å². The van der Waals surface area contributed by atoms with Crippen LogP contribution >= 0.6 is 0 Å². The first-order valence-electron chi connectivity index (χ1n) is 12.3. The Labute approximate surface area is 182 Å². The molecule has 3 heterocycles. The van der Waals surface area contributed by atoms with E-state index >= 15 is 0 Å². The average molecular weight is 410 g/mol. The summed E-state index contributed by atoms with van der Waals surface area (Å²) in [4.78, 5) is 15.1. The molecule has 30 heavy (non-hydrogen) atoms. The third-order valence-electron chi connectivity index (χ3n) is 7.00. The van der Waals surface area contributed by atoms with Crippen molar-refractivity contribution in [2.45, 2.75) is 71.3 Å². The van der Waals surface area contributed by atoms with Gasteiger partial charge in [-0.2, -0.15) is 4.98 Å². The van der Waals surface area contributed by atoms with Gasteiger partial charge in [0, 0.05) is 37.6 Å². The van der Waals surface area contributed by atoms with Crippen molar-refractivity contribution in [1.82, 2.24) is 14.9 Å². The molecule has 5 heteroatoms. The van der Waals surface area contributed by atoms with Gasteiger partial charge in [0.25, 0.3) is 0 Å². The number of likely N-dealkylation sites (tertiary alicyclic amines) is 1. The highest BCUT2D eigenvalue weighted by atomic mass is 15.2. The molecule has 0 aliphatic carbocycles. The zero-order valence-corrected chi connectivity index (χ0v) is 18.9. The Morgan fingerprint density at radius 1 is 0.967 bits per heavy atom. The van der Waals surface area contributed by atoms with Crippen LogP contribution in [0.4, 0.5) is 11.8 Å². The zero-order chi connectivity index (χ0) is 20.8. The summed E-state index contributed by atoms with van der Waals surface area (Å²) in [6, 6.07) is 8.94. The Morgan fingerprint density at radius 3 is 2.50 bits per heavy atom. The molecule has 1 aromatic heterocycles. The standard InChI is InChI=1S/C25H39N5/c1-3-20(4-2)18-29-15-11-12-21(19-29)26-25-27-23-14-8-7-13-22(23)24(28-25)30-16-9-5-6-10-17-30/h7-8,13-14,20-21H,3-6,9-12,15-19H2,1-2H3,(H,26,27,28)/t21-/m1/s1. The molecule has 0 spiro atoms. The van der Waals surface area contributed by atoms with Gasteiger partial charge < -0.3 is 15.1 Å². The first-order chi connectivity index (χ1) is 14.8. The van der Waals surface area contributed by atoms with Gasteiger partial charge in [0.1, 0.15) is 5.82 Å². The molecular formula is C25H39N5. The van der Waals surface area contributed by atoms with Crippen molar-refractivity contribution in [2.24, 2.45) is 5.92 Å². The Hall–Kier alpha value is -1.88. The van der Waals surface area contributed by atoms with Crippen LogP contribution < -0.4 is 10.2 Å². The fourth-order valence-corrected chi connectivity index (χ4v) is 5.08. The van der Waals surface area contributed by atoms with E-state index in [2.05, 4.69) is 53.2 Å². The molecule has 1 N–H and O–H groups in total. The molecule has 0 saturated carbocycles. The minimum absolute atomic E-state index is 0.436. The lowest BCUT2D eigenvalue weighted by Gasteiger charge is -2.35. The van der Waals surface area contributed by atoms with E-state index in [-0.39, 0.29) is 0 Å². The number of anilines is 2. The summed E-state index contributed by atoms with van der Waals surface area (Å²) in [7, 11) is 0. The molecule has 2 fully saturated rings. The van der Waals surface area contributed by atoms with E-state index in [0.717, 1.165) is 42.8 Å². The molecule has 0 unspecified atom stereocenters. The van der Waals surface area contributed by atoms with E-state index < -0.39 is 0 Å². The summed E-state index contributed by atoms with van der Waals surface area (Å²) in [6.45, 7) is 10.4. The zero-order valence-electron chi connectivity index (χ0n) is 18.9. The van der Waals surface area contributed by atoms with Gasteiger partial charge in [-0.15, -0.1) is 0 Å². The van der Waals surface area contributed by atoms with E-state index in [0.29, 0.717) is 6.04 Å². The minimum Gasteiger partial charge on any atom is -0.356 e. The van der Waals surface area contributed by atoms with Crippen molar-refractivity contribution in [3.63, 3.8) is 0 Å². The Morgan fingerprint density at radius 2 is 1.73 bits per heavy atom. The molecule has 5 nitrogen and oxygen atoms in total. The number of nitrogens with zero attached hydrogens (tertiary/aromatic N) is 4. The molecule has 0 amide bonds. The molecule has 1 atom stereocenters. The Bertz CT molecular complexity index is 795. The van der Waals surface area contributed by atoms with Gasteiger partial charge in [-0.05, 0) is 50.3 Å². The van der Waals surface area contributed by atoms with Gasteiger partial charge in [0.05, 0.1) is 5.52 Å². The number of benzene rings is 1. The highest BCUT2D eigenvalue weighted by Crippen LogP contribution is 2.28. The van der Waals surface area contributed by atoms with Crippen LogP contribution in [0.15, 0.2) is 24.3 Å². The number of rotatable bonds is 7. The smallest absolute Gasteiger partial charge is 0.225 e. The van der Waals surface area contributed by atoms with Gasteiger partial charge in [0.2, 0.25) is 5.95 Å². The maximum Gasteiger partial charge on any atom is 0.225 e. The fourth-order valence-electron chi connectivity index (χ4n) is 5.08. The maximum absolute atomic E-state index is 5.06. The summed E-state index contributed by atoms with van der Waals surface area (Å²) in [6.07, 6.45) is 10.2. The van der Waals surface area contributed by atoms with Gasteiger partial charge in [-0.1, -0.05) is 51.7 Å². The molecule has 2 aromatic rings. The normalized spacial score (nSPS) is 21.2. The van der Waals surface area contributed by atoms with Crippen molar-refractivity contribution >= 4 is 22.7 Å². The Kier molecular flexibility index (Phi) is 7.42. The SMILES string of the molecule is CCC(CC)CN1CCC[C@@H](Nc2nc(N3CCCCCC3)c3ccccc3n2)C1. The highest BCUT2D eigenvalue weighted by Gasteiger charge is 2.23.